The van der Waals surface area contributed by atoms with Gasteiger partial charge in [0.2, 0.25) is 0 Å². The lowest BCUT2D eigenvalue weighted by Crippen LogP contribution is -2.55. The van der Waals surface area contributed by atoms with Crippen molar-refractivity contribution in [3.63, 3.8) is 0 Å². The van der Waals surface area contributed by atoms with Crippen molar-refractivity contribution >= 4 is 12.1 Å². The van der Waals surface area contributed by atoms with E-state index in [1.807, 2.05) is 38.1 Å². The van der Waals surface area contributed by atoms with Crippen LogP contribution in [0.1, 0.15) is 50.2 Å². The third-order valence-corrected chi connectivity index (χ3v) is 6.46. The number of carboxylic acids is 1. The predicted molar refractivity (Wildman–Crippen MR) is 111 cm³/mol. The van der Waals surface area contributed by atoms with Gasteiger partial charge in [-0.15, -0.1) is 0 Å². The summed E-state index contributed by atoms with van der Waals surface area (Å²) < 4.78 is 5.66. The van der Waals surface area contributed by atoms with Gasteiger partial charge >= 0.3 is 12.1 Å². The summed E-state index contributed by atoms with van der Waals surface area (Å²) in [7, 11) is 0. The summed E-state index contributed by atoms with van der Waals surface area (Å²) in [5.41, 5.74) is 3.91. The Morgan fingerprint density at radius 1 is 1.07 bits per heavy atom. The Balaban J connectivity index is 1.50. The zero-order valence-corrected chi connectivity index (χ0v) is 16.9. The van der Waals surface area contributed by atoms with Crippen LogP contribution in [-0.4, -0.2) is 29.3 Å². The van der Waals surface area contributed by atoms with Gasteiger partial charge in [-0.05, 0) is 46.9 Å². The van der Waals surface area contributed by atoms with Crippen LogP contribution in [0.25, 0.3) is 11.1 Å². The molecule has 0 saturated heterocycles. The molecule has 1 amide bonds. The second kappa shape index (κ2) is 7.54. The molecule has 0 aliphatic heterocycles. The molecule has 0 spiro atoms. The summed E-state index contributed by atoms with van der Waals surface area (Å²) in [6.45, 7) is 4.15. The molecule has 0 bridgehead atoms. The van der Waals surface area contributed by atoms with Gasteiger partial charge in [0.1, 0.15) is 6.61 Å². The fourth-order valence-electron chi connectivity index (χ4n) is 4.78. The number of alkyl carbamates (subject to hydrolysis) is 1. The van der Waals surface area contributed by atoms with Gasteiger partial charge in [-0.1, -0.05) is 62.4 Å². The number of carboxylic acid groups (broad SMARTS) is 1. The monoisotopic (exact) mass is 393 g/mol. The molecule has 0 aromatic heterocycles. The van der Waals surface area contributed by atoms with Gasteiger partial charge in [-0.25, -0.2) is 4.79 Å². The third-order valence-electron chi connectivity index (χ3n) is 6.46. The van der Waals surface area contributed by atoms with Gasteiger partial charge in [-0.3, -0.25) is 4.79 Å². The average molecular weight is 393 g/mol. The zero-order chi connectivity index (χ0) is 20.6. The van der Waals surface area contributed by atoms with Crippen molar-refractivity contribution in [2.24, 2.45) is 11.8 Å². The highest BCUT2D eigenvalue weighted by atomic mass is 16.5. The smallest absolute Gasteiger partial charge is 0.407 e. The minimum absolute atomic E-state index is 0.00609. The lowest BCUT2D eigenvalue weighted by Gasteiger charge is -2.37. The Kier molecular flexibility index (Phi) is 5.07. The molecule has 1 fully saturated rings. The van der Waals surface area contributed by atoms with Crippen molar-refractivity contribution < 1.29 is 19.4 Å². The third kappa shape index (κ3) is 3.61. The summed E-state index contributed by atoms with van der Waals surface area (Å²) in [6, 6.07) is 16.4. The highest BCUT2D eigenvalue weighted by molar-refractivity contribution is 5.79. The molecule has 1 atom stereocenters. The highest BCUT2D eigenvalue weighted by Crippen LogP contribution is 2.46. The van der Waals surface area contributed by atoms with Crippen molar-refractivity contribution in [3.8, 4) is 11.1 Å². The van der Waals surface area contributed by atoms with Crippen LogP contribution in [0.2, 0.25) is 0 Å². The van der Waals surface area contributed by atoms with Crippen LogP contribution in [0, 0.1) is 11.8 Å². The molecular formula is C24H27NO4. The van der Waals surface area contributed by atoms with E-state index in [1.165, 1.54) is 11.1 Å². The average Bonchev–Trinajstić information content (AvgIpc) is 3.49. The molecule has 2 aliphatic carbocycles. The Labute approximate surface area is 171 Å². The van der Waals surface area contributed by atoms with Crippen LogP contribution in [0.3, 0.4) is 0 Å². The first-order valence-corrected chi connectivity index (χ1v) is 10.3. The van der Waals surface area contributed by atoms with Crippen molar-refractivity contribution in [3.05, 3.63) is 59.7 Å². The predicted octanol–water partition coefficient (Wildman–Crippen LogP) is 4.80. The number of fused-ring (bicyclic) bond motifs is 3. The normalized spacial score (nSPS) is 17.3. The number of hydrogen-bond donors (Lipinski definition) is 2. The SMILES string of the molecule is CC(C)C(CC(=O)O)(NC(=O)OCC1c2ccccc2-c2ccccc21)C1CC1. The van der Waals surface area contributed by atoms with Crippen LogP contribution in [0.4, 0.5) is 4.79 Å². The van der Waals surface area contributed by atoms with Crippen molar-refractivity contribution in [1.82, 2.24) is 5.32 Å². The number of carbonyl (C=O) groups excluding carboxylic acids is 1. The fraction of sp³-hybridized carbons (Fsp3) is 0.417. The van der Waals surface area contributed by atoms with Crippen LogP contribution < -0.4 is 5.32 Å². The summed E-state index contributed by atoms with van der Waals surface area (Å²) in [5.74, 6) is -0.711. The fourth-order valence-corrected chi connectivity index (χ4v) is 4.78. The standard InChI is InChI=1S/C24H27NO4/c1-15(2)24(13-22(26)27,16-11-12-16)25-23(28)29-14-21-19-9-5-3-7-17(19)18-8-4-6-10-20(18)21/h3-10,15-16,21H,11-14H2,1-2H3,(H,25,28)(H,26,27). The van der Waals surface area contributed by atoms with Crippen LogP contribution in [0.15, 0.2) is 48.5 Å². The molecule has 1 saturated carbocycles. The van der Waals surface area contributed by atoms with Gasteiger partial charge in [0.15, 0.2) is 0 Å². The van der Waals surface area contributed by atoms with Crippen molar-refractivity contribution in [2.75, 3.05) is 6.61 Å². The van der Waals surface area contributed by atoms with Crippen molar-refractivity contribution in [1.29, 1.82) is 0 Å². The Bertz CT molecular complexity index is 884. The van der Waals surface area contributed by atoms with Gasteiger partial charge in [0.25, 0.3) is 0 Å². The van der Waals surface area contributed by atoms with E-state index in [4.69, 9.17) is 4.74 Å². The van der Waals surface area contributed by atoms with E-state index < -0.39 is 17.6 Å². The summed E-state index contributed by atoms with van der Waals surface area (Å²) >= 11 is 0. The second-order valence-electron chi connectivity index (χ2n) is 8.49. The number of carbonyl (C=O) groups is 2. The van der Waals surface area contributed by atoms with E-state index in [1.54, 1.807) is 0 Å². The quantitative estimate of drug-likeness (QED) is 0.708. The first-order valence-electron chi connectivity index (χ1n) is 10.3. The summed E-state index contributed by atoms with van der Waals surface area (Å²) in [5, 5.41) is 12.4. The molecule has 2 aromatic rings. The van der Waals surface area contributed by atoms with E-state index >= 15 is 0 Å². The Morgan fingerprint density at radius 3 is 2.10 bits per heavy atom. The number of nitrogens with one attached hydrogen (secondary N) is 1. The van der Waals surface area contributed by atoms with Crippen LogP contribution >= 0.6 is 0 Å². The van der Waals surface area contributed by atoms with Crippen molar-refractivity contribution in [2.45, 2.75) is 44.6 Å². The maximum atomic E-state index is 12.7. The molecule has 0 radical (unpaired) electrons. The van der Waals surface area contributed by atoms with Gasteiger partial charge in [0, 0.05) is 5.92 Å². The summed E-state index contributed by atoms with van der Waals surface area (Å²) in [4.78, 5) is 24.2. The number of amides is 1. The van der Waals surface area contributed by atoms with E-state index in [0.29, 0.717) is 0 Å². The topological polar surface area (TPSA) is 75.6 Å². The maximum Gasteiger partial charge on any atom is 0.407 e. The molecule has 29 heavy (non-hydrogen) atoms. The highest BCUT2D eigenvalue weighted by Gasteiger charge is 2.50. The lowest BCUT2D eigenvalue weighted by molar-refractivity contribution is -0.139. The van der Waals surface area contributed by atoms with E-state index in [2.05, 4.69) is 29.6 Å². The molecule has 5 nitrogen and oxygen atoms in total. The minimum atomic E-state index is -0.899. The molecular weight excluding hydrogens is 366 g/mol. The van der Waals surface area contributed by atoms with Gasteiger partial charge < -0.3 is 15.2 Å². The number of ether oxygens (including phenoxy) is 1. The molecule has 4 rings (SSSR count). The molecule has 1 unspecified atom stereocenters. The zero-order valence-electron chi connectivity index (χ0n) is 16.9. The lowest BCUT2D eigenvalue weighted by atomic mass is 9.79. The number of benzene rings is 2. The van der Waals surface area contributed by atoms with E-state index in [-0.39, 0.29) is 30.8 Å². The Morgan fingerprint density at radius 2 is 1.62 bits per heavy atom. The minimum Gasteiger partial charge on any atom is -0.481 e. The maximum absolute atomic E-state index is 12.7. The Hall–Kier alpha value is -2.82. The van der Waals surface area contributed by atoms with Crippen LogP contribution in [0.5, 0.6) is 0 Å². The largest absolute Gasteiger partial charge is 0.481 e. The molecule has 5 heteroatoms. The van der Waals surface area contributed by atoms with E-state index in [0.717, 1.165) is 24.0 Å². The molecule has 2 aromatic carbocycles. The number of rotatable bonds is 7. The van der Waals surface area contributed by atoms with Crippen LogP contribution in [-0.2, 0) is 9.53 Å². The molecule has 2 aliphatic rings. The first kappa shape index (κ1) is 19.5. The van der Waals surface area contributed by atoms with E-state index in [9.17, 15) is 14.7 Å². The second-order valence-corrected chi connectivity index (χ2v) is 8.49. The molecule has 0 heterocycles. The molecule has 152 valence electrons. The number of aliphatic carboxylic acids is 1. The van der Waals surface area contributed by atoms with Gasteiger partial charge in [0.05, 0.1) is 12.0 Å². The number of hydrogen-bond acceptors (Lipinski definition) is 3. The van der Waals surface area contributed by atoms with Gasteiger partial charge in [-0.2, -0.15) is 0 Å². The first-order chi connectivity index (χ1) is 13.9. The summed E-state index contributed by atoms with van der Waals surface area (Å²) in [6.07, 6.45) is 1.26. The molecule has 2 N–H and O–H groups in total.